The molecule has 0 atom stereocenters. The van der Waals surface area contributed by atoms with Crippen molar-refractivity contribution in [3.05, 3.63) is 69.2 Å². The maximum atomic E-state index is 12.7. The van der Waals surface area contributed by atoms with Gasteiger partial charge >= 0.3 is 0 Å². The lowest BCUT2D eigenvalue weighted by Gasteiger charge is -2.35. The smallest absolute Gasteiger partial charge is 0.260 e. The summed E-state index contributed by atoms with van der Waals surface area (Å²) in [4.78, 5) is 16.7. The minimum absolute atomic E-state index is 0.00663. The van der Waals surface area contributed by atoms with Gasteiger partial charge in [0.15, 0.2) is 12.4 Å². The van der Waals surface area contributed by atoms with Crippen LogP contribution in [0.25, 0.3) is 11.3 Å². The minimum atomic E-state index is -0.00663. The van der Waals surface area contributed by atoms with Gasteiger partial charge in [-0.15, -0.1) is 10.2 Å². The number of piperazine rings is 1. The first-order chi connectivity index (χ1) is 15.8. The molecule has 1 aliphatic heterocycles. The standard InChI is InChI=1S/C25H26Cl2N4O2/c1-16-12-17(2)25(18(3)13-16)33-15-24(32)31-10-8-30(9-11-31)23-7-6-22(28-29-23)20-5-4-19(26)14-21(20)27/h4-7,12-14H,8-11,15H2,1-3H3. The van der Waals surface area contributed by atoms with Crippen LogP contribution in [0.3, 0.4) is 0 Å². The third-order valence-electron chi connectivity index (χ3n) is 5.76. The summed E-state index contributed by atoms with van der Waals surface area (Å²) in [7, 11) is 0. The van der Waals surface area contributed by atoms with E-state index in [2.05, 4.69) is 34.2 Å². The number of aromatic nitrogens is 2. The van der Waals surface area contributed by atoms with E-state index in [0.717, 1.165) is 28.3 Å². The normalized spacial score (nSPS) is 13.8. The number of halogens is 2. The Morgan fingerprint density at radius 1 is 0.939 bits per heavy atom. The van der Waals surface area contributed by atoms with Crippen LogP contribution in [0.1, 0.15) is 16.7 Å². The summed E-state index contributed by atoms with van der Waals surface area (Å²) in [5.74, 6) is 1.56. The molecule has 0 saturated carbocycles. The van der Waals surface area contributed by atoms with Crippen molar-refractivity contribution in [3.8, 4) is 17.0 Å². The van der Waals surface area contributed by atoms with Crippen molar-refractivity contribution in [2.75, 3.05) is 37.7 Å². The number of amides is 1. The van der Waals surface area contributed by atoms with Gasteiger partial charge in [0, 0.05) is 36.8 Å². The largest absolute Gasteiger partial charge is 0.483 e. The molecule has 1 aromatic heterocycles. The lowest BCUT2D eigenvalue weighted by Crippen LogP contribution is -2.50. The summed E-state index contributed by atoms with van der Waals surface area (Å²) in [6.07, 6.45) is 0. The van der Waals surface area contributed by atoms with Crippen LogP contribution in [-0.2, 0) is 4.79 Å². The first kappa shape index (κ1) is 23.3. The van der Waals surface area contributed by atoms with Crippen LogP contribution in [0.4, 0.5) is 5.82 Å². The number of anilines is 1. The predicted octanol–water partition coefficient (Wildman–Crippen LogP) is 5.10. The van der Waals surface area contributed by atoms with Gasteiger partial charge in [-0.3, -0.25) is 4.79 Å². The zero-order valence-corrected chi connectivity index (χ0v) is 20.5. The van der Waals surface area contributed by atoms with Gasteiger partial charge in [-0.2, -0.15) is 0 Å². The molecule has 0 spiro atoms. The van der Waals surface area contributed by atoms with Gasteiger partial charge in [0.05, 0.1) is 10.7 Å². The minimum Gasteiger partial charge on any atom is -0.483 e. The number of benzene rings is 2. The van der Waals surface area contributed by atoms with E-state index in [1.54, 1.807) is 12.1 Å². The summed E-state index contributed by atoms with van der Waals surface area (Å²) < 4.78 is 5.88. The SMILES string of the molecule is Cc1cc(C)c(OCC(=O)N2CCN(c3ccc(-c4ccc(Cl)cc4Cl)nn3)CC2)c(C)c1. The van der Waals surface area contributed by atoms with E-state index < -0.39 is 0 Å². The molecule has 172 valence electrons. The number of carbonyl (C=O) groups is 1. The Kier molecular flexibility index (Phi) is 7.05. The lowest BCUT2D eigenvalue weighted by molar-refractivity contribution is -0.133. The van der Waals surface area contributed by atoms with Crippen LogP contribution < -0.4 is 9.64 Å². The Labute approximate surface area is 204 Å². The summed E-state index contributed by atoms with van der Waals surface area (Å²) in [6.45, 7) is 8.70. The highest BCUT2D eigenvalue weighted by Crippen LogP contribution is 2.29. The molecule has 4 rings (SSSR count). The van der Waals surface area contributed by atoms with E-state index in [1.807, 2.05) is 36.9 Å². The number of hydrogen-bond acceptors (Lipinski definition) is 5. The second-order valence-electron chi connectivity index (χ2n) is 8.29. The summed E-state index contributed by atoms with van der Waals surface area (Å²) in [6, 6.07) is 13.3. The maximum Gasteiger partial charge on any atom is 0.260 e. The van der Waals surface area contributed by atoms with Crippen LogP contribution in [0.15, 0.2) is 42.5 Å². The second-order valence-corrected chi connectivity index (χ2v) is 9.13. The molecule has 2 heterocycles. The second kappa shape index (κ2) is 9.98. The number of carbonyl (C=O) groups excluding carboxylic acids is 1. The highest BCUT2D eigenvalue weighted by atomic mass is 35.5. The Morgan fingerprint density at radius 2 is 1.64 bits per heavy atom. The predicted molar refractivity (Wildman–Crippen MR) is 132 cm³/mol. The molecule has 0 N–H and O–H groups in total. The van der Waals surface area contributed by atoms with Crippen molar-refractivity contribution in [1.82, 2.24) is 15.1 Å². The summed E-state index contributed by atoms with van der Waals surface area (Å²) >= 11 is 12.2. The third kappa shape index (κ3) is 5.40. The van der Waals surface area contributed by atoms with Gasteiger partial charge in [0.2, 0.25) is 0 Å². The average Bonchev–Trinajstić information content (AvgIpc) is 2.78. The van der Waals surface area contributed by atoms with Gasteiger partial charge in [0.1, 0.15) is 5.75 Å². The quantitative estimate of drug-likeness (QED) is 0.503. The number of nitrogens with zero attached hydrogens (tertiary/aromatic N) is 4. The number of aryl methyl sites for hydroxylation is 3. The molecule has 1 saturated heterocycles. The fourth-order valence-corrected chi connectivity index (χ4v) is 4.64. The van der Waals surface area contributed by atoms with Gasteiger partial charge < -0.3 is 14.5 Å². The number of rotatable bonds is 5. The van der Waals surface area contributed by atoms with E-state index in [9.17, 15) is 4.79 Å². The molecule has 0 bridgehead atoms. The van der Waals surface area contributed by atoms with Crippen LogP contribution in [-0.4, -0.2) is 53.8 Å². The first-order valence-corrected chi connectivity index (χ1v) is 11.6. The van der Waals surface area contributed by atoms with E-state index in [1.165, 1.54) is 5.56 Å². The molecule has 6 nitrogen and oxygen atoms in total. The molecule has 1 aliphatic rings. The average molecular weight is 485 g/mol. The van der Waals surface area contributed by atoms with Gasteiger partial charge in [-0.1, -0.05) is 40.9 Å². The lowest BCUT2D eigenvalue weighted by atomic mass is 10.1. The molecule has 0 radical (unpaired) electrons. The van der Waals surface area contributed by atoms with Gasteiger partial charge in [-0.05, 0) is 62.2 Å². The number of hydrogen-bond donors (Lipinski definition) is 0. The fraction of sp³-hybridized carbons (Fsp3) is 0.320. The molecule has 33 heavy (non-hydrogen) atoms. The first-order valence-electron chi connectivity index (χ1n) is 10.8. The monoisotopic (exact) mass is 484 g/mol. The topological polar surface area (TPSA) is 58.6 Å². The Morgan fingerprint density at radius 3 is 2.24 bits per heavy atom. The van der Waals surface area contributed by atoms with Gasteiger partial charge in [-0.25, -0.2) is 0 Å². The van der Waals surface area contributed by atoms with E-state index >= 15 is 0 Å². The van der Waals surface area contributed by atoms with Gasteiger partial charge in [0.25, 0.3) is 5.91 Å². The Hall–Kier alpha value is -2.83. The molecule has 8 heteroatoms. The molecular formula is C25H26Cl2N4O2. The zero-order chi connectivity index (χ0) is 23.5. The molecule has 1 amide bonds. The number of ether oxygens (including phenoxy) is 1. The maximum absolute atomic E-state index is 12.7. The van der Waals surface area contributed by atoms with Crippen LogP contribution in [0.5, 0.6) is 5.75 Å². The van der Waals surface area contributed by atoms with E-state index in [0.29, 0.717) is 41.9 Å². The summed E-state index contributed by atoms with van der Waals surface area (Å²) in [5.41, 5.74) is 4.76. The molecule has 2 aromatic carbocycles. The molecule has 0 unspecified atom stereocenters. The van der Waals surface area contributed by atoms with Crippen molar-refractivity contribution >= 4 is 34.9 Å². The highest BCUT2D eigenvalue weighted by molar-refractivity contribution is 6.36. The molecule has 1 fully saturated rings. The van der Waals surface area contributed by atoms with E-state index in [4.69, 9.17) is 27.9 Å². The van der Waals surface area contributed by atoms with Crippen molar-refractivity contribution in [2.24, 2.45) is 0 Å². The molecule has 3 aromatic rings. The highest BCUT2D eigenvalue weighted by Gasteiger charge is 2.23. The fourth-order valence-electron chi connectivity index (χ4n) is 4.14. The van der Waals surface area contributed by atoms with E-state index in [-0.39, 0.29) is 12.5 Å². The van der Waals surface area contributed by atoms with Crippen LogP contribution in [0.2, 0.25) is 10.0 Å². The zero-order valence-electron chi connectivity index (χ0n) is 18.9. The van der Waals surface area contributed by atoms with Crippen molar-refractivity contribution < 1.29 is 9.53 Å². The van der Waals surface area contributed by atoms with Crippen LogP contribution in [0, 0.1) is 20.8 Å². The Balaban J connectivity index is 1.32. The third-order valence-corrected chi connectivity index (χ3v) is 6.31. The summed E-state index contributed by atoms with van der Waals surface area (Å²) in [5, 5.41) is 9.82. The van der Waals surface area contributed by atoms with Crippen molar-refractivity contribution in [1.29, 1.82) is 0 Å². The Bertz CT molecular complexity index is 1140. The molecular weight excluding hydrogens is 459 g/mol. The van der Waals surface area contributed by atoms with Crippen LogP contribution >= 0.6 is 23.2 Å². The van der Waals surface area contributed by atoms with Crippen molar-refractivity contribution in [3.63, 3.8) is 0 Å². The van der Waals surface area contributed by atoms with Crippen molar-refractivity contribution in [2.45, 2.75) is 20.8 Å². The molecule has 0 aliphatic carbocycles.